The monoisotopic (exact) mass is 201 g/mol. The average Bonchev–Trinajstić information content (AvgIpc) is 1.96. The molecule has 0 aliphatic heterocycles. The molecule has 0 saturated carbocycles. The fraction of sp³-hybridized carbons (Fsp3) is 0.800. The van der Waals surface area contributed by atoms with Crippen LogP contribution in [0.15, 0.2) is 0 Å². The lowest BCUT2D eigenvalue weighted by Gasteiger charge is -2.19. The molecular formula is C10H19NO3. The average molecular weight is 201 g/mol. The Labute approximate surface area is 84.8 Å². The summed E-state index contributed by atoms with van der Waals surface area (Å²) in [6.07, 6.45) is 0.544. The van der Waals surface area contributed by atoms with Crippen LogP contribution in [0.25, 0.3) is 0 Å². The molecule has 0 unspecified atom stereocenters. The molecule has 0 aromatic carbocycles. The molecule has 0 radical (unpaired) electrons. The molecule has 0 aliphatic rings. The predicted molar refractivity (Wildman–Crippen MR) is 53.7 cm³/mol. The first kappa shape index (κ1) is 13.1. The molecule has 0 aromatic rings. The second-order valence-electron chi connectivity index (χ2n) is 4.34. The van der Waals surface area contributed by atoms with E-state index in [4.69, 9.17) is 10.5 Å². The second kappa shape index (κ2) is 5.10. The minimum absolute atomic E-state index is 0.103. The molecule has 0 fully saturated rings. The molecule has 0 spiro atoms. The van der Waals surface area contributed by atoms with Gasteiger partial charge >= 0.3 is 5.97 Å². The summed E-state index contributed by atoms with van der Waals surface area (Å²) >= 11 is 0. The molecule has 0 bridgehead atoms. The topological polar surface area (TPSA) is 69.4 Å². The molecule has 0 aliphatic carbocycles. The van der Waals surface area contributed by atoms with E-state index in [1.165, 1.54) is 6.92 Å². The molecule has 82 valence electrons. The molecule has 0 rings (SSSR count). The van der Waals surface area contributed by atoms with Crippen molar-refractivity contribution in [2.75, 3.05) is 0 Å². The Morgan fingerprint density at radius 3 is 2.21 bits per heavy atom. The fourth-order valence-electron chi connectivity index (χ4n) is 0.869. The summed E-state index contributed by atoms with van der Waals surface area (Å²) in [5.41, 5.74) is 5.00. The third kappa shape index (κ3) is 6.60. The van der Waals surface area contributed by atoms with Gasteiger partial charge in [0.15, 0.2) is 0 Å². The van der Waals surface area contributed by atoms with Crippen LogP contribution in [0, 0.1) is 0 Å². The Bertz CT molecular complexity index is 218. The number of hydrogen-bond acceptors (Lipinski definition) is 4. The van der Waals surface area contributed by atoms with Crippen LogP contribution in [0.5, 0.6) is 0 Å². The zero-order valence-corrected chi connectivity index (χ0v) is 9.29. The molecular weight excluding hydrogens is 182 g/mol. The van der Waals surface area contributed by atoms with Crippen molar-refractivity contribution < 1.29 is 14.3 Å². The number of nitrogens with two attached hydrogens (primary N) is 1. The van der Waals surface area contributed by atoms with Gasteiger partial charge in [-0.1, -0.05) is 0 Å². The largest absolute Gasteiger partial charge is 0.460 e. The van der Waals surface area contributed by atoms with Crippen LogP contribution in [0.1, 0.15) is 40.5 Å². The standard InChI is InChI=1S/C10H19NO3/c1-7(12)8(11)5-6-9(13)14-10(2,3)4/h8H,5-6,11H2,1-4H3/t8-/m0/s1. The summed E-state index contributed by atoms with van der Waals surface area (Å²) in [5.74, 6) is -0.414. The lowest BCUT2D eigenvalue weighted by Crippen LogP contribution is -2.30. The van der Waals surface area contributed by atoms with Crippen LogP contribution in [0.3, 0.4) is 0 Å². The highest BCUT2D eigenvalue weighted by Crippen LogP contribution is 2.09. The number of ether oxygens (including phenoxy) is 1. The molecule has 4 heteroatoms. The van der Waals surface area contributed by atoms with E-state index in [0.717, 1.165) is 0 Å². The van der Waals surface area contributed by atoms with Gasteiger partial charge < -0.3 is 10.5 Å². The zero-order chi connectivity index (χ0) is 11.4. The van der Waals surface area contributed by atoms with Gasteiger partial charge in [0.2, 0.25) is 0 Å². The maximum Gasteiger partial charge on any atom is 0.306 e. The van der Waals surface area contributed by atoms with Crippen molar-refractivity contribution in [2.45, 2.75) is 52.2 Å². The van der Waals surface area contributed by atoms with Crippen LogP contribution in [0.4, 0.5) is 0 Å². The molecule has 0 saturated heterocycles. The van der Waals surface area contributed by atoms with Crippen LogP contribution in [-0.2, 0) is 14.3 Å². The highest BCUT2D eigenvalue weighted by molar-refractivity contribution is 5.81. The minimum Gasteiger partial charge on any atom is -0.460 e. The summed E-state index contributed by atoms with van der Waals surface area (Å²) in [4.78, 5) is 22.0. The SMILES string of the molecule is CC(=O)[C@@H](N)CCC(=O)OC(C)(C)C. The van der Waals surface area contributed by atoms with Gasteiger partial charge in [0, 0.05) is 6.42 Å². The Morgan fingerprint density at radius 2 is 1.86 bits per heavy atom. The summed E-state index contributed by atoms with van der Waals surface area (Å²) < 4.78 is 5.06. The van der Waals surface area contributed by atoms with Crippen LogP contribution < -0.4 is 5.73 Å². The number of rotatable bonds is 4. The lowest BCUT2D eigenvalue weighted by atomic mass is 10.1. The van der Waals surface area contributed by atoms with Crippen LogP contribution >= 0.6 is 0 Å². The smallest absolute Gasteiger partial charge is 0.306 e. The van der Waals surface area contributed by atoms with Crippen molar-refractivity contribution in [1.29, 1.82) is 0 Å². The Kier molecular flexibility index (Phi) is 4.77. The van der Waals surface area contributed by atoms with Gasteiger partial charge in [0.25, 0.3) is 0 Å². The highest BCUT2D eigenvalue weighted by Gasteiger charge is 2.17. The quantitative estimate of drug-likeness (QED) is 0.689. The normalized spacial score (nSPS) is 13.5. The van der Waals surface area contributed by atoms with Crippen molar-refractivity contribution in [1.82, 2.24) is 0 Å². The van der Waals surface area contributed by atoms with Gasteiger partial charge in [-0.3, -0.25) is 9.59 Å². The number of hydrogen-bond donors (Lipinski definition) is 1. The summed E-state index contributed by atoms with van der Waals surface area (Å²) in [7, 11) is 0. The number of carbonyl (C=O) groups excluding carboxylic acids is 2. The summed E-state index contributed by atoms with van der Waals surface area (Å²) in [6.45, 7) is 6.82. The third-order valence-electron chi connectivity index (χ3n) is 1.60. The first-order chi connectivity index (χ1) is 6.22. The van der Waals surface area contributed by atoms with Gasteiger partial charge in [0.05, 0.1) is 6.04 Å². The van der Waals surface area contributed by atoms with E-state index in [1.54, 1.807) is 20.8 Å². The van der Waals surface area contributed by atoms with E-state index in [1.807, 2.05) is 0 Å². The zero-order valence-electron chi connectivity index (χ0n) is 9.29. The number of esters is 1. The van der Waals surface area contributed by atoms with E-state index < -0.39 is 11.6 Å². The maximum atomic E-state index is 11.2. The highest BCUT2D eigenvalue weighted by atomic mass is 16.6. The molecule has 0 amide bonds. The molecule has 2 N–H and O–H groups in total. The number of ketones is 1. The van der Waals surface area contributed by atoms with Gasteiger partial charge in [-0.15, -0.1) is 0 Å². The number of carbonyl (C=O) groups is 2. The molecule has 0 aromatic heterocycles. The van der Waals surface area contributed by atoms with Crippen LogP contribution in [-0.4, -0.2) is 23.4 Å². The summed E-state index contributed by atoms with van der Waals surface area (Å²) in [6, 6.07) is -0.553. The molecule has 4 nitrogen and oxygen atoms in total. The first-order valence-electron chi connectivity index (χ1n) is 4.70. The maximum absolute atomic E-state index is 11.2. The minimum atomic E-state index is -0.553. The van der Waals surface area contributed by atoms with E-state index in [9.17, 15) is 9.59 Å². The number of Topliss-reactive ketones (excluding diaryl/α,β-unsaturated/α-hetero) is 1. The second-order valence-corrected chi connectivity index (χ2v) is 4.34. The van der Waals surface area contributed by atoms with Crippen molar-refractivity contribution in [3.05, 3.63) is 0 Å². The van der Waals surface area contributed by atoms with Crippen molar-refractivity contribution in [3.8, 4) is 0 Å². The Morgan fingerprint density at radius 1 is 1.36 bits per heavy atom. The van der Waals surface area contributed by atoms with E-state index in [2.05, 4.69) is 0 Å². The van der Waals surface area contributed by atoms with Gasteiger partial charge in [-0.25, -0.2) is 0 Å². The van der Waals surface area contributed by atoms with Gasteiger partial charge in [0.1, 0.15) is 11.4 Å². The lowest BCUT2D eigenvalue weighted by molar-refractivity contribution is -0.155. The Balaban J connectivity index is 3.81. The van der Waals surface area contributed by atoms with Crippen LogP contribution in [0.2, 0.25) is 0 Å². The van der Waals surface area contributed by atoms with Crippen molar-refractivity contribution in [3.63, 3.8) is 0 Å². The van der Waals surface area contributed by atoms with E-state index in [-0.39, 0.29) is 18.2 Å². The van der Waals surface area contributed by atoms with Crippen molar-refractivity contribution >= 4 is 11.8 Å². The van der Waals surface area contributed by atoms with E-state index >= 15 is 0 Å². The van der Waals surface area contributed by atoms with E-state index in [0.29, 0.717) is 6.42 Å². The predicted octanol–water partition coefficient (Wildman–Crippen LogP) is 1.02. The Hall–Kier alpha value is -0.900. The molecule has 14 heavy (non-hydrogen) atoms. The van der Waals surface area contributed by atoms with Gasteiger partial charge in [-0.05, 0) is 34.1 Å². The fourth-order valence-corrected chi connectivity index (χ4v) is 0.869. The molecule has 1 atom stereocenters. The van der Waals surface area contributed by atoms with Gasteiger partial charge in [-0.2, -0.15) is 0 Å². The summed E-state index contributed by atoms with van der Waals surface area (Å²) in [5, 5.41) is 0. The van der Waals surface area contributed by atoms with Crippen molar-refractivity contribution in [2.24, 2.45) is 5.73 Å². The first-order valence-corrected chi connectivity index (χ1v) is 4.70. The molecule has 0 heterocycles. The third-order valence-corrected chi connectivity index (χ3v) is 1.60.